The second-order valence-electron chi connectivity index (χ2n) is 4.34. The summed E-state index contributed by atoms with van der Waals surface area (Å²) in [6.07, 6.45) is 0. The summed E-state index contributed by atoms with van der Waals surface area (Å²) < 4.78 is 4.72. The van der Waals surface area contributed by atoms with E-state index in [-0.39, 0.29) is 11.4 Å². The monoisotopic (exact) mass is 246 g/mol. The lowest BCUT2D eigenvalue weighted by atomic mass is 9.94. The average Bonchev–Trinajstić information content (AvgIpc) is 2.59. The lowest BCUT2D eigenvalue weighted by molar-refractivity contribution is 0.0605. The highest BCUT2D eigenvalue weighted by atomic mass is 35.5. The minimum atomic E-state index is -0.300. The Morgan fingerprint density at radius 2 is 2.13 bits per heavy atom. The molecule has 0 aliphatic carbocycles. The number of alkyl halides is 1. The molecule has 0 atom stereocenters. The molecule has 1 heterocycles. The second-order valence-corrected chi connectivity index (χ2v) is 5.66. The van der Waals surface area contributed by atoms with Crippen LogP contribution in [0, 0.1) is 0 Å². The van der Waals surface area contributed by atoms with Gasteiger partial charge < -0.3 is 4.74 Å². The molecule has 0 radical (unpaired) electrons. The summed E-state index contributed by atoms with van der Waals surface area (Å²) in [5, 5.41) is 0. The van der Waals surface area contributed by atoms with Crippen LogP contribution in [0.4, 0.5) is 0 Å². The normalized spacial score (nSPS) is 11.5. The fraction of sp³-hybridized carbons (Fsp3) is 0.545. The topological polar surface area (TPSA) is 26.3 Å². The number of methoxy groups -OCH3 is 1. The van der Waals surface area contributed by atoms with Gasteiger partial charge in [0.15, 0.2) is 0 Å². The fourth-order valence-electron chi connectivity index (χ4n) is 1.16. The van der Waals surface area contributed by atoms with Gasteiger partial charge in [0.05, 0.1) is 7.11 Å². The molecule has 0 saturated carbocycles. The zero-order chi connectivity index (χ0) is 11.6. The van der Waals surface area contributed by atoms with E-state index in [1.54, 1.807) is 0 Å². The van der Waals surface area contributed by atoms with Crippen LogP contribution in [0.15, 0.2) is 6.07 Å². The van der Waals surface area contributed by atoms with Crippen molar-refractivity contribution in [3.63, 3.8) is 0 Å². The second kappa shape index (κ2) is 4.54. The maximum absolute atomic E-state index is 11.5. The zero-order valence-electron chi connectivity index (χ0n) is 9.39. The molecule has 2 nitrogen and oxygen atoms in total. The van der Waals surface area contributed by atoms with E-state index in [2.05, 4.69) is 20.8 Å². The number of rotatable bonds is 2. The Kier molecular flexibility index (Phi) is 3.79. The fourth-order valence-corrected chi connectivity index (χ4v) is 2.61. The average molecular weight is 247 g/mol. The van der Waals surface area contributed by atoms with E-state index in [0.29, 0.717) is 10.8 Å². The van der Waals surface area contributed by atoms with E-state index in [0.717, 1.165) is 10.4 Å². The highest BCUT2D eigenvalue weighted by Gasteiger charge is 2.22. The number of thiophene rings is 1. The van der Waals surface area contributed by atoms with Gasteiger partial charge in [-0.1, -0.05) is 20.8 Å². The molecular formula is C11H15ClO2S. The molecule has 0 saturated heterocycles. The van der Waals surface area contributed by atoms with E-state index in [1.807, 2.05) is 6.07 Å². The number of esters is 1. The van der Waals surface area contributed by atoms with Crippen molar-refractivity contribution in [2.75, 3.05) is 7.11 Å². The predicted octanol–water partition coefficient (Wildman–Crippen LogP) is 3.57. The standard InChI is InChI=1S/C11H15ClO2S/c1-11(2,3)8-5-7(6-12)9(15-8)10(13)14-4/h5H,6H2,1-4H3. The molecule has 1 aromatic heterocycles. The molecule has 0 aliphatic rings. The zero-order valence-corrected chi connectivity index (χ0v) is 11.0. The van der Waals surface area contributed by atoms with Gasteiger partial charge in [0, 0.05) is 10.8 Å². The summed E-state index contributed by atoms with van der Waals surface area (Å²) in [7, 11) is 1.39. The van der Waals surface area contributed by atoms with Crippen molar-refractivity contribution in [1.82, 2.24) is 0 Å². The molecule has 84 valence electrons. The number of ether oxygens (including phenoxy) is 1. The molecule has 0 fully saturated rings. The van der Waals surface area contributed by atoms with E-state index in [1.165, 1.54) is 18.4 Å². The van der Waals surface area contributed by atoms with Crippen LogP contribution >= 0.6 is 22.9 Å². The van der Waals surface area contributed by atoms with Crippen LogP contribution < -0.4 is 0 Å². The Hall–Kier alpha value is -0.540. The Labute approximate surface area is 99.2 Å². The molecule has 1 aromatic rings. The summed E-state index contributed by atoms with van der Waals surface area (Å²) in [6, 6.07) is 1.99. The summed E-state index contributed by atoms with van der Waals surface area (Å²) in [6.45, 7) is 6.33. The van der Waals surface area contributed by atoms with Gasteiger partial charge in [-0.05, 0) is 17.0 Å². The number of halogens is 1. The first kappa shape index (κ1) is 12.5. The molecule has 0 bridgehead atoms. The van der Waals surface area contributed by atoms with Gasteiger partial charge in [0.25, 0.3) is 0 Å². The lowest BCUT2D eigenvalue weighted by Crippen LogP contribution is -2.08. The minimum absolute atomic E-state index is 0.0394. The smallest absolute Gasteiger partial charge is 0.348 e. The maximum atomic E-state index is 11.5. The molecule has 0 aliphatic heterocycles. The van der Waals surface area contributed by atoms with Gasteiger partial charge in [-0.3, -0.25) is 0 Å². The summed E-state index contributed by atoms with van der Waals surface area (Å²) in [5.74, 6) is 0.0444. The van der Waals surface area contributed by atoms with E-state index >= 15 is 0 Å². The maximum Gasteiger partial charge on any atom is 0.348 e. The van der Waals surface area contributed by atoms with Crippen LogP contribution in [0.3, 0.4) is 0 Å². The Balaban J connectivity index is 3.17. The van der Waals surface area contributed by atoms with E-state index in [4.69, 9.17) is 16.3 Å². The van der Waals surface area contributed by atoms with Gasteiger partial charge in [0.1, 0.15) is 4.88 Å². The molecule has 0 aromatic carbocycles. The van der Waals surface area contributed by atoms with E-state index < -0.39 is 0 Å². The molecule has 0 amide bonds. The Morgan fingerprint density at radius 3 is 2.53 bits per heavy atom. The largest absolute Gasteiger partial charge is 0.465 e. The van der Waals surface area contributed by atoms with Crippen LogP contribution in [0.5, 0.6) is 0 Å². The van der Waals surface area contributed by atoms with Crippen molar-refractivity contribution in [2.45, 2.75) is 32.1 Å². The Bertz CT molecular complexity index is 363. The molecule has 0 N–H and O–H groups in total. The first-order valence-corrected chi connectivity index (χ1v) is 6.02. The van der Waals surface area contributed by atoms with Crippen molar-refractivity contribution in [2.24, 2.45) is 0 Å². The van der Waals surface area contributed by atoms with Crippen LogP contribution in [0.2, 0.25) is 0 Å². The first-order valence-electron chi connectivity index (χ1n) is 4.67. The summed E-state index contributed by atoms with van der Waals surface area (Å²) >= 11 is 7.26. The molecule has 1 rings (SSSR count). The van der Waals surface area contributed by atoms with Gasteiger partial charge in [-0.2, -0.15) is 0 Å². The van der Waals surface area contributed by atoms with Gasteiger partial charge >= 0.3 is 5.97 Å². The first-order chi connectivity index (χ1) is 6.90. The van der Waals surface area contributed by atoms with Crippen LogP contribution in [-0.4, -0.2) is 13.1 Å². The van der Waals surface area contributed by atoms with Crippen LogP contribution in [0.1, 0.15) is 40.9 Å². The Morgan fingerprint density at radius 1 is 1.53 bits per heavy atom. The van der Waals surface area contributed by atoms with Crippen molar-refractivity contribution in [1.29, 1.82) is 0 Å². The van der Waals surface area contributed by atoms with Crippen LogP contribution in [0.25, 0.3) is 0 Å². The van der Waals surface area contributed by atoms with Crippen LogP contribution in [-0.2, 0) is 16.0 Å². The quantitative estimate of drug-likeness (QED) is 0.589. The number of hydrogen-bond donors (Lipinski definition) is 0. The minimum Gasteiger partial charge on any atom is -0.465 e. The number of carbonyl (C=O) groups excluding carboxylic acids is 1. The molecule has 0 unspecified atom stereocenters. The third kappa shape index (κ3) is 2.73. The SMILES string of the molecule is COC(=O)c1sc(C(C)(C)C)cc1CCl. The van der Waals surface area contributed by atoms with E-state index in [9.17, 15) is 4.79 Å². The summed E-state index contributed by atoms with van der Waals surface area (Å²) in [4.78, 5) is 13.2. The van der Waals surface area contributed by atoms with Crippen molar-refractivity contribution in [3.05, 3.63) is 21.4 Å². The van der Waals surface area contributed by atoms with Crippen molar-refractivity contribution >= 4 is 28.9 Å². The van der Waals surface area contributed by atoms with Gasteiger partial charge in [-0.15, -0.1) is 22.9 Å². The lowest BCUT2D eigenvalue weighted by Gasteiger charge is -2.15. The number of hydrogen-bond acceptors (Lipinski definition) is 3. The highest BCUT2D eigenvalue weighted by Crippen LogP contribution is 2.33. The van der Waals surface area contributed by atoms with Crippen molar-refractivity contribution in [3.8, 4) is 0 Å². The molecule has 0 spiro atoms. The number of carbonyl (C=O) groups is 1. The van der Waals surface area contributed by atoms with Crippen molar-refractivity contribution < 1.29 is 9.53 Å². The molecule has 15 heavy (non-hydrogen) atoms. The highest BCUT2D eigenvalue weighted by molar-refractivity contribution is 7.14. The third-order valence-corrected chi connectivity index (χ3v) is 3.93. The molecule has 4 heteroatoms. The summed E-state index contributed by atoms with van der Waals surface area (Å²) in [5.41, 5.74) is 0.899. The van der Waals surface area contributed by atoms with Gasteiger partial charge in [-0.25, -0.2) is 4.79 Å². The molecular weight excluding hydrogens is 232 g/mol. The predicted molar refractivity (Wildman–Crippen MR) is 63.9 cm³/mol. The third-order valence-electron chi connectivity index (χ3n) is 2.06. The van der Waals surface area contributed by atoms with Gasteiger partial charge in [0.2, 0.25) is 0 Å².